The molecule has 0 aromatic heterocycles. The minimum atomic E-state index is -1.15. The highest BCUT2D eigenvalue weighted by Gasteiger charge is 2.49. The van der Waals surface area contributed by atoms with Crippen molar-refractivity contribution >= 4 is 189 Å². The molecular formula is C89H94N12O25S6. The van der Waals surface area contributed by atoms with E-state index in [4.69, 9.17) is 24.1 Å². The smallest absolute Gasteiger partial charge is 0.411 e. The molecule has 0 spiro atoms. The van der Waals surface area contributed by atoms with E-state index >= 15 is 0 Å². The van der Waals surface area contributed by atoms with Crippen LogP contribution in [-0.4, -0.2) is 251 Å². The number of aliphatic carboxylic acids is 3. The zero-order chi connectivity index (χ0) is 94.9. The second-order valence-electron chi connectivity index (χ2n) is 29.6. The SMILES string of the molecule is C=C1CCC(N2C(=O)c3cccc(NC(=O)OCCCSSCCC(=O)N(CC(=O)O)Cc4ccccc4)c3C2=O)C(=O)N1.C=C1CCC(N2C(=O)c3cccc(NC(=O)OCCSSCCCC(=O)N(CC(=O)O)Cc4ccccc4)c3C2=O)C(=O)N1.C=C1CCC(N2C(=O)c3cccc(NC(=O)OCCSSCCOC(=O)N(CC(=O)O)Cc4ccccc4)c3C2=O)C(=O)N1. The van der Waals surface area contributed by atoms with Crippen molar-refractivity contribution in [3.63, 3.8) is 0 Å². The van der Waals surface area contributed by atoms with Gasteiger partial charge in [-0.1, -0.05) is 194 Å². The summed E-state index contributed by atoms with van der Waals surface area (Å²) in [5.41, 5.74) is 4.70. The number of nitrogens with one attached hydrogen (secondary N) is 6. The van der Waals surface area contributed by atoms with Crippen LogP contribution in [0.5, 0.6) is 0 Å². The lowest BCUT2D eigenvalue weighted by Crippen LogP contribution is -2.51. The van der Waals surface area contributed by atoms with E-state index in [-0.39, 0.29) is 154 Å². The summed E-state index contributed by atoms with van der Waals surface area (Å²) in [7, 11) is 8.69. The van der Waals surface area contributed by atoms with Gasteiger partial charge in [-0.05, 0) is 104 Å². The molecule has 696 valence electrons. The fourth-order valence-electron chi connectivity index (χ4n) is 14.0. The number of carboxylic acids is 3. The van der Waals surface area contributed by atoms with Crippen molar-refractivity contribution < 1.29 is 121 Å². The molecule has 43 heteroatoms. The van der Waals surface area contributed by atoms with E-state index in [0.29, 0.717) is 83.7 Å². The number of hydrogen-bond donors (Lipinski definition) is 9. The number of imide groups is 3. The first-order chi connectivity index (χ1) is 63.5. The number of carbonyl (C=O) groups is 18. The average Bonchev–Trinajstić information content (AvgIpc) is 1.62. The number of amides is 15. The van der Waals surface area contributed by atoms with Crippen molar-refractivity contribution in [2.45, 2.75) is 102 Å². The standard InChI is InChI=1S/2C30H32N4O8S2.C29H30N4O9S2/c1-19-11-12-23(27(38)31-19)34-28(39)21-9-5-10-22(26(21)29(34)40)32-30(41)42-14-6-15-43-44-16-13-24(35)33(18-25(36)37)17-20-7-3-2-4-8-20;1-19-12-13-23(27(38)31-19)34-28(39)21-9-5-10-22(26(21)29(34)40)32-30(41)42-14-16-44-43-15-6-11-24(35)33(18-25(36)37)17-20-7-3-2-4-8-20;1-18-10-11-22(25(36)30-18)33-26(37)20-8-5-9-21(24(20)27(33)38)31-28(39)41-12-14-43-44-15-13-42-29(40)32(17-23(34)35)16-19-6-3-2-4-7-19/h2*2-5,7-10,23H,1,6,11-18H2,(H,31,38)(H,32,41)(H,36,37);2-9,22H,1,10-17H2,(H,30,36)(H,31,39)(H,34,35). The number of carboxylic acid groups (broad SMARTS) is 3. The van der Waals surface area contributed by atoms with E-state index < -0.39 is 120 Å². The molecule has 12 rings (SSSR count). The van der Waals surface area contributed by atoms with Gasteiger partial charge in [-0.3, -0.25) is 103 Å². The molecule has 6 heterocycles. The van der Waals surface area contributed by atoms with Gasteiger partial charge in [0.2, 0.25) is 29.5 Å². The van der Waals surface area contributed by atoms with Gasteiger partial charge >= 0.3 is 42.3 Å². The Kier molecular flexibility index (Phi) is 38.5. The van der Waals surface area contributed by atoms with Crippen LogP contribution in [0.2, 0.25) is 0 Å². The van der Waals surface area contributed by atoms with Crippen LogP contribution >= 0.6 is 64.8 Å². The average molecular weight is 1920 g/mol. The molecule has 3 saturated heterocycles. The number of nitrogens with zero attached hydrogens (tertiary/aromatic N) is 6. The maximum absolute atomic E-state index is 13.2. The molecule has 132 heavy (non-hydrogen) atoms. The fourth-order valence-corrected chi connectivity index (χ4v) is 19.6. The fraction of sp³-hybridized carbons (Fsp3) is 0.326. The molecule has 15 amide bonds. The molecule has 3 atom stereocenters. The summed E-state index contributed by atoms with van der Waals surface area (Å²) in [5.74, 6) is -5.94. The topological polar surface area (TPSA) is 496 Å². The van der Waals surface area contributed by atoms with Crippen LogP contribution < -0.4 is 31.9 Å². The van der Waals surface area contributed by atoms with Crippen LogP contribution in [-0.2, 0) is 76.9 Å². The van der Waals surface area contributed by atoms with Crippen molar-refractivity contribution in [2.24, 2.45) is 0 Å². The highest BCUT2D eigenvalue weighted by Crippen LogP contribution is 2.38. The molecule has 0 aliphatic carbocycles. The number of hydrogen-bond acceptors (Lipinski definition) is 28. The monoisotopic (exact) mass is 1920 g/mol. The molecule has 6 aromatic rings. The van der Waals surface area contributed by atoms with Crippen molar-refractivity contribution in [3.05, 3.63) is 232 Å². The van der Waals surface area contributed by atoms with E-state index in [0.717, 1.165) is 36.3 Å². The van der Waals surface area contributed by atoms with Crippen LogP contribution in [0.15, 0.2) is 182 Å². The minimum Gasteiger partial charge on any atom is -0.480 e. The summed E-state index contributed by atoms with van der Waals surface area (Å²) in [6.07, 6.45) is 0.471. The van der Waals surface area contributed by atoms with Gasteiger partial charge in [0.05, 0.1) is 57.0 Å². The van der Waals surface area contributed by atoms with Gasteiger partial charge in [0, 0.05) is 84.1 Å². The first-order valence-corrected chi connectivity index (χ1v) is 48.7. The molecule has 0 radical (unpaired) electrons. The molecule has 37 nitrogen and oxygen atoms in total. The summed E-state index contributed by atoms with van der Waals surface area (Å²) in [6.45, 7) is 10.8. The largest absolute Gasteiger partial charge is 0.480 e. The van der Waals surface area contributed by atoms with Crippen molar-refractivity contribution in [1.29, 1.82) is 0 Å². The van der Waals surface area contributed by atoms with E-state index in [2.05, 4.69) is 51.6 Å². The maximum Gasteiger partial charge on any atom is 0.411 e. The van der Waals surface area contributed by atoms with Gasteiger partial charge in [-0.15, -0.1) is 0 Å². The van der Waals surface area contributed by atoms with Gasteiger partial charge in [-0.2, -0.15) is 0 Å². The van der Waals surface area contributed by atoms with Gasteiger partial charge in [0.15, 0.2) is 0 Å². The lowest BCUT2D eigenvalue weighted by atomic mass is 10.0. The summed E-state index contributed by atoms with van der Waals surface area (Å²) >= 11 is 0. The summed E-state index contributed by atoms with van der Waals surface area (Å²) in [6, 6.07) is 37.9. The number of rotatable bonds is 41. The third-order valence-electron chi connectivity index (χ3n) is 20.1. The van der Waals surface area contributed by atoms with Crippen LogP contribution in [0.4, 0.5) is 36.2 Å². The second kappa shape index (κ2) is 50.3. The van der Waals surface area contributed by atoms with Gasteiger partial charge in [0.1, 0.15) is 57.6 Å². The summed E-state index contributed by atoms with van der Waals surface area (Å²) in [5, 5.41) is 42.8. The van der Waals surface area contributed by atoms with Crippen LogP contribution in [0.3, 0.4) is 0 Å². The Labute approximate surface area is 781 Å². The second-order valence-corrected chi connectivity index (χ2v) is 37.7. The molecule has 3 unspecified atom stereocenters. The number of piperidine rings is 3. The maximum atomic E-state index is 13.2. The van der Waals surface area contributed by atoms with Crippen molar-refractivity contribution in [1.82, 2.24) is 45.3 Å². The Balaban J connectivity index is 0.000000205. The first-order valence-electron chi connectivity index (χ1n) is 41.2. The number of anilines is 3. The van der Waals surface area contributed by atoms with Crippen LogP contribution in [0, 0.1) is 0 Å². The lowest BCUT2D eigenvalue weighted by molar-refractivity contribution is -0.145. The molecule has 9 N–H and O–H groups in total. The molecule has 6 aromatic carbocycles. The van der Waals surface area contributed by atoms with Gasteiger partial charge in [0.25, 0.3) is 35.4 Å². The Morgan fingerprint density at radius 2 is 0.659 bits per heavy atom. The Hall–Kier alpha value is -13.1. The van der Waals surface area contributed by atoms with E-state index in [1.165, 1.54) is 129 Å². The van der Waals surface area contributed by atoms with E-state index in [9.17, 15) is 96.5 Å². The van der Waals surface area contributed by atoms with Gasteiger partial charge in [-0.25, -0.2) is 19.2 Å². The number of benzene rings is 6. The molecular weight excluding hydrogens is 1830 g/mol. The molecule has 6 aliphatic heterocycles. The van der Waals surface area contributed by atoms with Crippen LogP contribution in [0.1, 0.15) is 143 Å². The molecule has 0 saturated carbocycles. The zero-order valence-corrected chi connectivity index (χ0v) is 75.9. The predicted octanol–water partition coefficient (Wildman–Crippen LogP) is 11.5. The lowest BCUT2D eigenvalue weighted by Gasteiger charge is -2.29. The third-order valence-corrected chi connectivity index (χ3v) is 27.4. The first kappa shape index (κ1) is 101. The Morgan fingerprint density at radius 3 is 1.01 bits per heavy atom. The predicted molar refractivity (Wildman–Crippen MR) is 495 cm³/mol. The normalized spacial score (nSPS) is 15.9. The minimum absolute atomic E-state index is 0.00295. The van der Waals surface area contributed by atoms with Crippen molar-refractivity contribution in [2.75, 3.05) is 96.5 Å². The third kappa shape index (κ3) is 28.9. The number of fused-ring (bicyclic) bond motifs is 3. The van der Waals surface area contributed by atoms with Crippen molar-refractivity contribution in [3.8, 4) is 0 Å². The number of allylic oxidation sites excluding steroid dienone is 3. The van der Waals surface area contributed by atoms with Crippen LogP contribution in [0.25, 0.3) is 0 Å². The highest BCUT2D eigenvalue weighted by molar-refractivity contribution is 8.77. The summed E-state index contributed by atoms with van der Waals surface area (Å²) < 4.78 is 20.9. The zero-order valence-electron chi connectivity index (χ0n) is 71.1. The highest BCUT2D eigenvalue weighted by atomic mass is 33.1. The Bertz CT molecular complexity index is 4870. The quantitative estimate of drug-likeness (QED) is 0.00745. The molecule has 3 fully saturated rings. The Morgan fingerprint density at radius 1 is 0.356 bits per heavy atom. The molecule has 6 aliphatic rings. The van der Waals surface area contributed by atoms with Gasteiger partial charge < -0.3 is 60.0 Å². The summed E-state index contributed by atoms with van der Waals surface area (Å²) in [4.78, 5) is 231. The molecule has 0 bridgehead atoms. The number of carbonyl (C=O) groups excluding carboxylic acids is 15. The van der Waals surface area contributed by atoms with E-state index in [1.54, 1.807) is 24.3 Å². The number of ether oxygens (including phenoxy) is 4. The van der Waals surface area contributed by atoms with E-state index in [1.807, 2.05) is 66.7 Å².